The molecule has 0 aliphatic carbocycles. The molecule has 0 unspecified atom stereocenters. The zero-order valence-corrected chi connectivity index (χ0v) is 15.2. The second kappa shape index (κ2) is 6.93. The molecule has 0 amide bonds. The summed E-state index contributed by atoms with van der Waals surface area (Å²) in [7, 11) is -2.99. The van der Waals surface area contributed by atoms with E-state index in [1.807, 2.05) is 0 Å². The van der Waals surface area contributed by atoms with E-state index >= 15 is 0 Å². The van der Waals surface area contributed by atoms with Crippen molar-refractivity contribution in [2.45, 2.75) is 17.6 Å². The lowest BCUT2D eigenvalue weighted by Gasteiger charge is -2.22. The molecule has 0 bridgehead atoms. The van der Waals surface area contributed by atoms with Gasteiger partial charge >= 0.3 is 6.18 Å². The van der Waals surface area contributed by atoms with Crippen LogP contribution in [0.2, 0.25) is 0 Å². The molecule has 2 aromatic carbocycles. The number of sulfonamides is 1. The molecule has 136 valence electrons. The van der Waals surface area contributed by atoms with Gasteiger partial charge in [-0.25, -0.2) is 17.9 Å². The van der Waals surface area contributed by atoms with Crippen molar-refractivity contribution in [1.82, 2.24) is 0 Å². The predicted octanol–water partition coefficient (Wildman–Crippen LogP) is 3.89. The molecule has 10 heteroatoms. The smallest absolute Gasteiger partial charge is 0.370 e. The molecule has 0 radical (unpaired) electrons. The van der Waals surface area contributed by atoms with Crippen LogP contribution in [0.1, 0.15) is 11.1 Å². The van der Waals surface area contributed by atoms with E-state index in [-0.39, 0.29) is 12.2 Å². The Hall–Kier alpha value is -1.65. The second-order valence-corrected chi connectivity index (χ2v) is 7.70. The van der Waals surface area contributed by atoms with E-state index in [0.717, 1.165) is 12.1 Å². The van der Waals surface area contributed by atoms with Crippen molar-refractivity contribution in [2.24, 2.45) is 5.14 Å². The van der Waals surface area contributed by atoms with Crippen molar-refractivity contribution in [1.29, 1.82) is 0 Å². The van der Waals surface area contributed by atoms with Crippen molar-refractivity contribution in [3.8, 4) is 0 Å². The number of rotatable bonds is 4. The van der Waals surface area contributed by atoms with Gasteiger partial charge in [0.1, 0.15) is 5.82 Å². The molecular formula is C15H13BrF4N2O2S. The van der Waals surface area contributed by atoms with E-state index in [2.05, 4.69) is 15.9 Å². The molecule has 0 saturated carbocycles. The third-order valence-electron chi connectivity index (χ3n) is 3.44. The highest BCUT2D eigenvalue weighted by Gasteiger charge is 2.36. The van der Waals surface area contributed by atoms with Gasteiger partial charge in [-0.2, -0.15) is 13.2 Å². The van der Waals surface area contributed by atoms with Crippen LogP contribution in [0, 0.1) is 5.82 Å². The Bertz CT molecular complexity index is 901. The molecule has 0 saturated heterocycles. The highest BCUT2D eigenvalue weighted by molar-refractivity contribution is 9.10. The normalized spacial score (nSPS) is 12.3. The van der Waals surface area contributed by atoms with E-state index in [9.17, 15) is 26.0 Å². The second-order valence-electron chi connectivity index (χ2n) is 5.32. The number of halogens is 5. The third-order valence-corrected chi connectivity index (χ3v) is 5.15. The molecule has 0 spiro atoms. The van der Waals surface area contributed by atoms with Gasteiger partial charge < -0.3 is 4.90 Å². The predicted molar refractivity (Wildman–Crippen MR) is 89.0 cm³/mol. The lowest BCUT2D eigenvalue weighted by molar-refractivity contribution is -0.139. The molecule has 2 N–H and O–H groups in total. The molecule has 4 nitrogen and oxygen atoms in total. The third kappa shape index (κ3) is 4.71. The van der Waals surface area contributed by atoms with Crippen molar-refractivity contribution in [3.05, 3.63) is 57.8 Å². The van der Waals surface area contributed by atoms with Gasteiger partial charge in [0.25, 0.3) is 0 Å². The number of hydrogen-bond donors (Lipinski definition) is 1. The molecule has 0 fully saturated rings. The summed E-state index contributed by atoms with van der Waals surface area (Å²) in [5.41, 5.74) is -0.554. The van der Waals surface area contributed by atoms with E-state index in [4.69, 9.17) is 5.14 Å². The molecule has 2 aromatic rings. The van der Waals surface area contributed by atoms with Crippen LogP contribution in [0.5, 0.6) is 0 Å². The maximum atomic E-state index is 13.2. The zero-order valence-electron chi connectivity index (χ0n) is 12.8. The Balaban J connectivity index is 2.42. The van der Waals surface area contributed by atoms with Gasteiger partial charge in [-0.05, 0) is 35.9 Å². The summed E-state index contributed by atoms with van der Waals surface area (Å²) in [5.74, 6) is -0.449. The van der Waals surface area contributed by atoms with Crippen LogP contribution in [0.15, 0.2) is 45.8 Å². The first-order chi connectivity index (χ1) is 11.4. The Morgan fingerprint density at radius 1 is 1.16 bits per heavy atom. The highest BCUT2D eigenvalue weighted by atomic mass is 79.9. The SMILES string of the molecule is CN(Cc1ccc(F)cc1Br)c1ccc(S(N)(=O)=O)c(C(F)(F)F)c1. The van der Waals surface area contributed by atoms with Crippen molar-refractivity contribution in [3.63, 3.8) is 0 Å². The van der Waals surface area contributed by atoms with Gasteiger partial charge in [-0.1, -0.05) is 22.0 Å². The maximum Gasteiger partial charge on any atom is 0.417 e. The van der Waals surface area contributed by atoms with Crippen LogP contribution in [0.4, 0.5) is 23.2 Å². The molecule has 0 aliphatic rings. The number of primary sulfonamides is 1. The van der Waals surface area contributed by atoms with Gasteiger partial charge in [0.2, 0.25) is 10.0 Å². The largest absolute Gasteiger partial charge is 0.417 e. The van der Waals surface area contributed by atoms with Gasteiger partial charge in [0.05, 0.1) is 10.5 Å². The molecule has 0 heterocycles. The summed E-state index contributed by atoms with van der Waals surface area (Å²) in [5, 5.41) is 4.85. The summed E-state index contributed by atoms with van der Waals surface area (Å²) in [6.07, 6.45) is -4.88. The first kappa shape index (κ1) is 19.7. The van der Waals surface area contributed by atoms with Crippen LogP contribution in [0.25, 0.3) is 0 Å². The topological polar surface area (TPSA) is 63.4 Å². The van der Waals surface area contributed by atoms with Crippen molar-refractivity contribution in [2.75, 3.05) is 11.9 Å². The average Bonchev–Trinajstić information content (AvgIpc) is 2.47. The van der Waals surface area contributed by atoms with E-state index in [0.29, 0.717) is 10.0 Å². The minimum Gasteiger partial charge on any atom is -0.370 e. The number of anilines is 1. The van der Waals surface area contributed by atoms with Gasteiger partial charge in [-0.3, -0.25) is 0 Å². The van der Waals surface area contributed by atoms with Crippen molar-refractivity contribution < 1.29 is 26.0 Å². The summed E-state index contributed by atoms with van der Waals surface area (Å²) >= 11 is 3.19. The molecule has 25 heavy (non-hydrogen) atoms. The fourth-order valence-electron chi connectivity index (χ4n) is 2.22. The van der Waals surface area contributed by atoms with Crippen LogP contribution in [0.3, 0.4) is 0 Å². The number of alkyl halides is 3. The lowest BCUT2D eigenvalue weighted by Crippen LogP contribution is -2.21. The number of nitrogens with zero attached hydrogens (tertiary/aromatic N) is 1. The first-order valence-corrected chi connectivity index (χ1v) is 9.12. The molecule has 0 aliphatic heterocycles. The van der Waals surface area contributed by atoms with Crippen LogP contribution < -0.4 is 10.0 Å². The van der Waals surface area contributed by atoms with E-state index in [1.54, 1.807) is 0 Å². The highest BCUT2D eigenvalue weighted by Crippen LogP contribution is 2.36. The molecule has 0 atom stereocenters. The van der Waals surface area contributed by atoms with Gasteiger partial charge in [0.15, 0.2) is 0 Å². The van der Waals surface area contributed by atoms with Gasteiger partial charge in [-0.15, -0.1) is 0 Å². The minimum absolute atomic E-state index is 0.135. The Kier molecular flexibility index (Phi) is 5.45. The number of nitrogens with two attached hydrogens (primary N) is 1. The standard InChI is InChI=1S/C15H13BrF4N2O2S/c1-22(8-9-2-3-10(17)6-13(9)16)11-4-5-14(25(21,23)24)12(7-11)15(18,19)20/h2-7H,8H2,1H3,(H2,21,23,24). The van der Waals surface area contributed by atoms with E-state index in [1.165, 1.54) is 36.2 Å². The quantitative estimate of drug-likeness (QED) is 0.733. The Labute approximate surface area is 150 Å². The Morgan fingerprint density at radius 3 is 2.32 bits per heavy atom. The summed E-state index contributed by atoms with van der Waals surface area (Å²) in [6, 6.07) is 6.75. The Morgan fingerprint density at radius 2 is 1.80 bits per heavy atom. The summed E-state index contributed by atoms with van der Waals surface area (Å²) < 4.78 is 75.8. The minimum atomic E-state index is -4.88. The maximum absolute atomic E-state index is 13.2. The van der Waals surface area contributed by atoms with Crippen molar-refractivity contribution >= 4 is 31.6 Å². The average molecular weight is 441 g/mol. The first-order valence-electron chi connectivity index (χ1n) is 6.78. The van der Waals surface area contributed by atoms with E-state index < -0.39 is 32.5 Å². The monoisotopic (exact) mass is 440 g/mol. The van der Waals surface area contributed by atoms with Crippen LogP contribution in [-0.2, 0) is 22.7 Å². The molecular weight excluding hydrogens is 428 g/mol. The van der Waals surface area contributed by atoms with Gasteiger partial charge in [0, 0.05) is 23.8 Å². The zero-order chi connectivity index (χ0) is 19.0. The molecule has 0 aromatic heterocycles. The lowest BCUT2D eigenvalue weighted by atomic mass is 10.1. The summed E-state index contributed by atoms with van der Waals surface area (Å²) in [6.45, 7) is 0.173. The van der Waals surface area contributed by atoms with Crippen LogP contribution in [-0.4, -0.2) is 15.5 Å². The summed E-state index contributed by atoms with van der Waals surface area (Å²) in [4.78, 5) is 0.486. The fraction of sp³-hybridized carbons (Fsp3) is 0.200. The molecule has 2 rings (SSSR count). The fourth-order valence-corrected chi connectivity index (χ4v) is 3.44. The number of benzene rings is 2. The van der Waals surface area contributed by atoms with Crippen LogP contribution >= 0.6 is 15.9 Å². The number of hydrogen-bond acceptors (Lipinski definition) is 3.